The minimum atomic E-state index is -0.322. The summed E-state index contributed by atoms with van der Waals surface area (Å²) in [5.74, 6) is 0.145. The zero-order valence-electron chi connectivity index (χ0n) is 13.6. The Balaban J connectivity index is 1.64. The molecule has 0 radical (unpaired) electrons. The molecule has 1 amide bonds. The second-order valence-electron chi connectivity index (χ2n) is 7.24. The molecule has 2 atom stereocenters. The van der Waals surface area contributed by atoms with Crippen molar-refractivity contribution in [1.29, 1.82) is 0 Å². The number of carbonyl (C=O) groups is 1. The predicted octanol–water partition coefficient (Wildman–Crippen LogP) is 2.32. The SMILES string of the molecule is CC1(N)CCCCC1C(=O)NCCNC1CCCCCC1. The van der Waals surface area contributed by atoms with Crippen molar-refractivity contribution in [2.75, 3.05) is 13.1 Å². The predicted molar refractivity (Wildman–Crippen MR) is 87.1 cm³/mol. The molecule has 4 heteroatoms. The first kappa shape index (κ1) is 16.8. The first-order chi connectivity index (χ1) is 10.1. The highest BCUT2D eigenvalue weighted by molar-refractivity contribution is 5.80. The van der Waals surface area contributed by atoms with Crippen LogP contribution in [0.1, 0.15) is 71.1 Å². The van der Waals surface area contributed by atoms with E-state index < -0.39 is 0 Å². The van der Waals surface area contributed by atoms with Crippen molar-refractivity contribution in [1.82, 2.24) is 10.6 Å². The minimum Gasteiger partial charge on any atom is -0.355 e. The molecule has 0 aromatic heterocycles. The molecule has 0 saturated heterocycles. The van der Waals surface area contributed by atoms with Crippen LogP contribution >= 0.6 is 0 Å². The van der Waals surface area contributed by atoms with Crippen LogP contribution in [0.25, 0.3) is 0 Å². The topological polar surface area (TPSA) is 67.2 Å². The lowest BCUT2D eigenvalue weighted by molar-refractivity contribution is -0.128. The van der Waals surface area contributed by atoms with E-state index in [0.29, 0.717) is 6.04 Å². The lowest BCUT2D eigenvalue weighted by Crippen LogP contribution is -2.53. The van der Waals surface area contributed by atoms with Gasteiger partial charge in [-0.3, -0.25) is 4.79 Å². The molecule has 2 saturated carbocycles. The number of hydrogen-bond donors (Lipinski definition) is 3. The normalized spacial score (nSPS) is 31.6. The lowest BCUT2D eigenvalue weighted by Gasteiger charge is -2.37. The van der Waals surface area contributed by atoms with Crippen LogP contribution in [0.4, 0.5) is 0 Å². The fourth-order valence-corrected chi connectivity index (χ4v) is 3.86. The van der Waals surface area contributed by atoms with Crippen molar-refractivity contribution in [2.45, 2.75) is 82.7 Å². The zero-order valence-corrected chi connectivity index (χ0v) is 13.6. The van der Waals surface area contributed by atoms with E-state index in [1.807, 2.05) is 6.92 Å². The van der Waals surface area contributed by atoms with E-state index in [-0.39, 0.29) is 17.4 Å². The van der Waals surface area contributed by atoms with Gasteiger partial charge >= 0.3 is 0 Å². The molecule has 2 unspecified atom stereocenters. The van der Waals surface area contributed by atoms with E-state index >= 15 is 0 Å². The van der Waals surface area contributed by atoms with Gasteiger partial charge in [-0.25, -0.2) is 0 Å². The molecule has 0 aromatic carbocycles. The van der Waals surface area contributed by atoms with Crippen molar-refractivity contribution in [3.8, 4) is 0 Å². The summed E-state index contributed by atoms with van der Waals surface area (Å²) >= 11 is 0. The first-order valence-corrected chi connectivity index (χ1v) is 8.89. The Hall–Kier alpha value is -0.610. The van der Waals surface area contributed by atoms with Crippen LogP contribution in [0.5, 0.6) is 0 Å². The lowest BCUT2D eigenvalue weighted by atomic mass is 9.74. The molecule has 0 aliphatic heterocycles. The van der Waals surface area contributed by atoms with E-state index in [0.717, 1.165) is 38.8 Å². The summed E-state index contributed by atoms with van der Waals surface area (Å²) in [6.45, 7) is 3.63. The van der Waals surface area contributed by atoms with Gasteiger partial charge in [0.25, 0.3) is 0 Å². The van der Waals surface area contributed by atoms with E-state index in [1.54, 1.807) is 0 Å². The quantitative estimate of drug-likeness (QED) is 0.538. The number of hydrogen-bond acceptors (Lipinski definition) is 3. The van der Waals surface area contributed by atoms with Gasteiger partial charge in [0.15, 0.2) is 0 Å². The fourth-order valence-electron chi connectivity index (χ4n) is 3.86. The van der Waals surface area contributed by atoms with Crippen molar-refractivity contribution in [2.24, 2.45) is 11.7 Å². The minimum absolute atomic E-state index is 0.0101. The second-order valence-corrected chi connectivity index (χ2v) is 7.24. The Bertz CT molecular complexity index is 322. The molecule has 0 heterocycles. The number of amides is 1. The molecule has 4 nitrogen and oxygen atoms in total. The molecule has 2 aliphatic carbocycles. The highest BCUT2D eigenvalue weighted by Crippen LogP contribution is 2.31. The van der Waals surface area contributed by atoms with E-state index in [9.17, 15) is 4.79 Å². The Kier molecular flexibility index (Phi) is 6.49. The van der Waals surface area contributed by atoms with Crippen LogP contribution in [0.2, 0.25) is 0 Å². The van der Waals surface area contributed by atoms with Gasteiger partial charge in [0.2, 0.25) is 5.91 Å². The van der Waals surface area contributed by atoms with Crippen molar-refractivity contribution >= 4 is 5.91 Å². The van der Waals surface area contributed by atoms with Crippen molar-refractivity contribution in [3.63, 3.8) is 0 Å². The first-order valence-electron chi connectivity index (χ1n) is 8.89. The summed E-state index contributed by atoms with van der Waals surface area (Å²) < 4.78 is 0. The summed E-state index contributed by atoms with van der Waals surface area (Å²) in [4.78, 5) is 12.3. The third-order valence-corrected chi connectivity index (χ3v) is 5.28. The van der Waals surface area contributed by atoms with Crippen LogP contribution in [0.15, 0.2) is 0 Å². The van der Waals surface area contributed by atoms with Crippen LogP contribution in [-0.4, -0.2) is 30.6 Å². The standard InChI is InChI=1S/C17H33N3O/c1-17(18)11-7-6-10-15(17)16(21)20-13-12-19-14-8-4-2-3-5-9-14/h14-15,19H,2-13,18H2,1H3,(H,20,21). The number of nitrogens with one attached hydrogen (secondary N) is 2. The largest absolute Gasteiger partial charge is 0.355 e. The molecule has 0 bridgehead atoms. The molecule has 122 valence electrons. The molecule has 0 aromatic rings. The van der Waals surface area contributed by atoms with Crippen LogP contribution in [0.3, 0.4) is 0 Å². The van der Waals surface area contributed by atoms with Gasteiger partial charge in [-0.2, -0.15) is 0 Å². The molecule has 21 heavy (non-hydrogen) atoms. The summed E-state index contributed by atoms with van der Waals surface area (Å²) in [7, 11) is 0. The Labute approximate surface area is 129 Å². The van der Waals surface area contributed by atoms with Gasteiger partial charge in [-0.1, -0.05) is 38.5 Å². The molecule has 2 fully saturated rings. The summed E-state index contributed by atoms with van der Waals surface area (Å²) in [6, 6.07) is 0.652. The van der Waals surface area contributed by atoms with Gasteiger partial charge in [0, 0.05) is 24.7 Å². The third kappa shape index (κ3) is 5.26. The molecule has 4 N–H and O–H groups in total. The average Bonchev–Trinajstić information content (AvgIpc) is 2.71. The molecule has 2 rings (SSSR count). The third-order valence-electron chi connectivity index (χ3n) is 5.28. The van der Waals surface area contributed by atoms with Crippen LogP contribution in [0, 0.1) is 5.92 Å². The van der Waals surface area contributed by atoms with E-state index in [4.69, 9.17) is 5.73 Å². The second kappa shape index (κ2) is 8.14. The zero-order chi connectivity index (χ0) is 15.1. The summed E-state index contributed by atoms with van der Waals surface area (Å²) in [5.41, 5.74) is 5.96. The Morgan fingerprint density at radius 2 is 1.71 bits per heavy atom. The van der Waals surface area contributed by atoms with Gasteiger partial charge in [0.1, 0.15) is 0 Å². The number of rotatable bonds is 5. The molecular weight excluding hydrogens is 262 g/mol. The van der Waals surface area contributed by atoms with Crippen LogP contribution < -0.4 is 16.4 Å². The van der Waals surface area contributed by atoms with Crippen molar-refractivity contribution in [3.05, 3.63) is 0 Å². The molecule has 0 spiro atoms. The number of nitrogens with two attached hydrogens (primary N) is 1. The highest BCUT2D eigenvalue weighted by Gasteiger charge is 2.37. The monoisotopic (exact) mass is 295 g/mol. The van der Waals surface area contributed by atoms with Gasteiger partial charge < -0.3 is 16.4 Å². The maximum atomic E-state index is 12.3. The van der Waals surface area contributed by atoms with Gasteiger partial charge in [-0.05, 0) is 32.6 Å². The van der Waals surface area contributed by atoms with Crippen molar-refractivity contribution < 1.29 is 4.79 Å². The van der Waals surface area contributed by atoms with Gasteiger partial charge in [0.05, 0.1) is 5.92 Å². The number of carbonyl (C=O) groups excluding carboxylic acids is 1. The Morgan fingerprint density at radius 1 is 1.05 bits per heavy atom. The maximum Gasteiger partial charge on any atom is 0.225 e. The summed E-state index contributed by atoms with van der Waals surface area (Å²) in [5, 5.41) is 6.68. The fraction of sp³-hybridized carbons (Fsp3) is 0.941. The average molecular weight is 295 g/mol. The highest BCUT2D eigenvalue weighted by atomic mass is 16.1. The summed E-state index contributed by atoms with van der Waals surface area (Å²) in [6.07, 6.45) is 12.2. The van der Waals surface area contributed by atoms with Gasteiger partial charge in [-0.15, -0.1) is 0 Å². The van der Waals surface area contributed by atoms with E-state index in [2.05, 4.69) is 10.6 Å². The maximum absolute atomic E-state index is 12.3. The smallest absolute Gasteiger partial charge is 0.225 e. The Morgan fingerprint density at radius 3 is 2.38 bits per heavy atom. The molecular formula is C17H33N3O. The van der Waals surface area contributed by atoms with E-state index in [1.165, 1.54) is 38.5 Å². The molecule has 2 aliphatic rings. The van der Waals surface area contributed by atoms with Crippen LogP contribution in [-0.2, 0) is 4.79 Å².